The normalized spacial score (nSPS) is 10.6. The second kappa shape index (κ2) is 4.85. The topological polar surface area (TPSA) is 63.8 Å². The molecule has 0 saturated heterocycles. The van der Waals surface area contributed by atoms with E-state index in [2.05, 4.69) is 20.4 Å². The molecule has 1 N–H and O–H groups in total. The van der Waals surface area contributed by atoms with E-state index < -0.39 is 0 Å². The third-order valence-electron chi connectivity index (χ3n) is 2.13. The van der Waals surface area contributed by atoms with E-state index in [1.54, 1.807) is 6.92 Å². The molecular formula is C11H14N4O. The lowest BCUT2D eigenvalue weighted by Gasteiger charge is -2.01. The van der Waals surface area contributed by atoms with Gasteiger partial charge >= 0.3 is 0 Å². The summed E-state index contributed by atoms with van der Waals surface area (Å²) in [6.07, 6.45) is 1.86. The molecule has 0 unspecified atom stereocenters. The Kier molecular flexibility index (Phi) is 3.26. The van der Waals surface area contributed by atoms with Gasteiger partial charge in [0.1, 0.15) is 0 Å². The second-order valence-corrected chi connectivity index (χ2v) is 3.66. The van der Waals surface area contributed by atoms with Crippen LogP contribution in [0.25, 0.3) is 0 Å². The van der Waals surface area contributed by atoms with E-state index in [1.165, 1.54) is 0 Å². The van der Waals surface area contributed by atoms with E-state index in [0.717, 1.165) is 11.3 Å². The first kappa shape index (κ1) is 10.8. The fourth-order valence-corrected chi connectivity index (χ4v) is 1.32. The minimum absolute atomic E-state index is 0.588. The van der Waals surface area contributed by atoms with Crippen LogP contribution in [0.3, 0.4) is 0 Å². The molecule has 2 rings (SSSR count). The van der Waals surface area contributed by atoms with Crippen LogP contribution in [0, 0.1) is 13.8 Å². The maximum atomic E-state index is 4.87. The van der Waals surface area contributed by atoms with E-state index in [0.29, 0.717) is 24.8 Å². The molecule has 84 valence electrons. The monoisotopic (exact) mass is 218 g/mol. The number of nitrogens with one attached hydrogen (secondary N) is 1. The summed E-state index contributed by atoms with van der Waals surface area (Å²) in [5.74, 6) is 1.26. The highest BCUT2D eigenvalue weighted by molar-refractivity contribution is 5.11. The van der Waals surface area contributed by atoms with Crippen LogP contribution >= 0.6 is 0 Å². The van der Waals surface area contributed by atoms with Crippen molar-refractivity contribution >= 4 is 0 Å². The molecule has 0 aliphatic rings. The minimum Gasteiger partial charge on any atom is -0.340 e. The summed E-state index contributed by atoms with van der Waals surface area (Å²) in [7, 11) is 0. The molecule has 0 fully saturated rings. The van der Waals surface area contributed by atoms with Crippen molar-refractivity contribution < 1.29 is 4.52 Å². The van der Waals surface area contributed by atoms with Crippen LogP contribution < -0.4 is 5.32 Å². The van der Waals surface area contributed by atoms with Gasteiger partial charge in [-0.15, -0.1) is 0 Å². The summed E-state index contributed by atoms with van der Waals surface area (Å²) in [5, 5.41) is 7.00. The fourth-order valence-electron chi connectivity index (χ4n) is 1.32. The van der Waals surface area contributed by atoms with E-state index in [4.69, 9.17) is 4.52 Å². The molecule has 0 atom stereocenters. The van der Waals surface area contributed by atoms with Crippen LogP contribution in [0.4, 0.5) is 0 Å². The smallest absolute Gasteiger partial charge is 0.223 e. The molecule has 2 aromatic rings. The number of hydrogen-bond donors (Lipinski definition) is 1. The number of hydrogen-bond acceptors (Lipinski definition) is 5. The minimum atomic E-state index is 0.588. The Bertz CT molecular complexity index is 449. The molecule has 5 nitrogen and oxygen atoms in total. The Morgan fingerprint density at radius 2 is 2.12 bits per heavy atom. The lowest BCUT2D eigenvalue weighted by atomic mass is 10.3. The van der Waals surface area contributed by atoms with Crippen LogP contribution in [-0.4, -0.2) is 15.1 Å². The largest absolute Gasteiger partial charge is 0.340 e. The highest BCUT2D eigenvalue weighted by Crippen LogP contribution is 1.99. The summed E-state index contributed by atoms with van der Waals surface area (Å²) < 4.78 is 4.87. The lowest BCUT2D eigenvalue weighted by molar-refractivity contribution is 0.385. The van der Waals surface area contributed by atoms with E-state index in [-0.39, 0.29) is 0 Å². The van der Waals surface area contributed by atoms with Crippen LogP contribution in [-0.2, 0) is 13.1 Å². The van der Waals surface area contributed by atoms with Gasteiger partial charge in [-0.3, -0.25) is 4.98 Å². The van der Waals surface area contributed by atoms with E-state index in [1.807, 2.05) is 25.3 Å². The number of aromatic nitrogens is 3. The molecule has 5 heteroatoms. The van der Waals surface area contributed by atoms with Gasteiger partial charge in [-0.25, -0.2) is 0 Å². The first-order chi connectivity index (χ1) is 7.74. The lowest BCUT2D eigenvalue weighted by Crippen LogP contribution is -2.14. The molecule has 2 aromatic heterocycles. The van der Waals surface area contributed by atoms with Gasteiger partial charge in [-0.2, -0.15) is 4.98 Å². The Morgan fingerprint density at radius 3 is 2.75 bits per heavy atom. The SMILES string of the molecule is Cc1ccc(CNCc2noc(C)n2)nc1. The molecular weight excluding hydrogens is 204 g/mol. The third kappa shape index (κ3) is 2.87. The maximum absolute atomic E-state index is 4.87. The predicted molar refractivity (Wildman–Crippen MR) is 58.6 cm³/mol. The fraction of sp³-hybridized carbons (Fsp3) is 0.364. The molecule has 0 bridgehead atoms. The second-order valence-electron chi connectivity index (χ2n) is 3.66. The van der Waals surface area contributed by atoms with Crippen LogP contribution in [0.15, 0.2) is 22.9 Å². The summed E-state index contributed by atoms with van der Waals surface area (Å²) >= 11 is 0. The van der Waals surface area contributed by atoms with Gasteiger partial charge < -0.3 is 9.84 Å². The molecule has 0 radical (unpaired) electrons. The van der Waals surface area contributed by atoms with Crippen molar-refractivity contribution in [3.8, 4) is 0 Å². The number of pyridine rings is 1. The van der Waals surface area contributed by atoms with Gasteiger partial charge in [-0.05, 0) is 18.6 Å². The van der Waals surface area contributed by atoms with Gasteiger partial charge in [0.05, 0.1) is 12.2 Å². The van der Waals surface area contributed by atoms with Crippen molar-refractivity contribution in [2.75, 3.05) is 0 Å². The van der Waals surface area contributed by atoms with Crippen molar-refractivity contribution in [2.24, 2.45) is 0 Å². The molecule has 2 heterocycles. The molecule has 0 aromatic carbocycles. The Labute approximate surface area is 93.9 Å². The molecule has 0 saturated carbocycles. The Balaban J connectivity index is 1.82. The van der Waals surface area contributed by atoms with Crippen molar-refractivity contribution in [2.45, 2.75) is 26.9 Å². The van der Waals surface area contributed by atoms with Crippen molar-refractivity contribution in [1.29, 1.82) is 0 Å². The van der Waals surface area contributed by atoms with Crippen LogP contribution in [0.5, 0.6) is 0 Å². The zero-order valence-corrected chi connectivity index (χ0v) is 9.40. The average Bonchev–Trinajstić information content (AvgIpc) is 2.67. The van der Waals surface area contributed by atoms with Crippen LogP contribution in [0.1, 0.15) is 23.0 Å². The summed E-state index contributed by atoms with van der Waals surface area (Å²) in [5.41, 5.74) is 2.17. The Morgan fingerprint density at radius 1 is 1.25 bits per heavy atom. The number of aryl methyl sites for hydroxylation is 2. The highest BCUT2D eigenvalue weighted by Gasteiger charge is 2.01. The Hall–Kier alpha value is -1.75. The van der Waals surface area contributed by atoms with Crippen molar-refractivity contribution in [3.05, 3.63) is 41.3 Å². The van der Waals surface area contributed by atoms with Crippen LogP contribution in [0.2, 0.25) is 0 Å². The highest BCUT2D eigenvalue weighted by atomic mass is 16.5. The van der Waals surface area contributed by atoms with E-state index in [9.17, 15) is 0 Å². The third-order valence-corrected chi connectivity index (χ3v) is 2.13. The molecule has 0 amide bonds. The summed E-state index contributed by atoms with van der Waals surface area (Å²) in [6.45, 7) is 5.09. The molecule has 0 aliphatic heterocycles. The zero-order valence-electron chi connectivity index (χ0n) is 9.40. The van der Waals surface area contributed by atoms with Gasteiger partial charge in [0.15, 0.2) is 5.82 Å². The van der Waals surface area contributed by atoms with Crippen molar-refractivity contribution in [3.63, 3.8) is 0 Å². The van der Waals surface area contributed by atoms with Gasteiger partial charge in [-0.1, -0.05) is 11.2 Å². The van der Waals surface area contributed by atoms with Gasteiger partial charge in [0.2, 0.25) is 5.89 Å². The number of rotatable bonds is 4. The molecule has 16 heavy (non-hydrogen) atoms. The number of nitrogens with zero attached hydrogens (tertiary/aromatic N) is 3. The molecule has 0 aliphatic carbocycles. The first-order valence-electron chi connectivity index (χ1n) is 5.15. The maximum Gasteiger partial charge on any atom is 0.223 e. The van der Waals surface area contributed by atoms with Gasteiger partial charge in [0, 0.05) is 19.7 Å². The average molecular weight is 218 g/mol. The standard InChI is InChI=1S/C11H14N4O/c1-8-3-4-10(13-5-8)6-12-7-11-14-9(2)16-15-11/h3-5,12H,6-7H2,1-2H3. The zero-order chi connectivity index (χ0) is 11.4. The molecule has 0 spiro atoms. The summed E-state index contributed by atoms with van der Waals surface area (Å²) in [4.78, 5) is 8.38. The first-order valence-corrected chi connectivity index (χ1v) is 5.15. The quantitative estimate of drug-likeness (QED) is 0.839. The van der Waals surface area contributed by atoms with E-state index >= 15 is 0 Å². The summed E-state index contributed by atoms with van der Waals surface area (Å²) in [6, 6.07) is 4.05. The predicted octanol–water partition coefficient (Wildman–Crippen LogP) is 1.37. The van der Waals surface area contributed by atoms with Crippen molar-refractivity contribution in [1.82, 2.24) is 20.4 Å². The van der Waals surface area contributed by atoms with Gasteiger partial charge in [0.25, 0.3) is 0 Å².